The van der Waals surface area contributed by atoms with E-state index in [2.05, 4.69) is 17.4 Å². The number of aliphatic hydroxyl groups is 1. The van der Waals surface area contributed by atoms with Crippen LogP contribution in [0.1, 0.15) is 12.0 Å². The second kappa shape index (κ2) is 8.00. The van der Waals surface area contributed by atoms with Gasteiger partial charge in [-0.05, 0) is 30.2 Å². The molecule has 5 heteroatoms. The van der Waals surface area contributed by atoms with E-state index in [1.54, 1.807) is 17.8 Å². The molecule has 1 aromatic rings. The van der Waals surface area contributed by atoms with Gasteiger partial charge in [-0.25, -0.2) is 0 Å². The van der Waals surface area contributed by atoms with E-state index >= 15 is 0 Å². The molecule has 21 heavy (non-hydrogen) atoms. The minimum atomic E-state index is -0.0710. The van der Waals surface area contributed by atoms with Crippen molar-refractivity contribution in [2.45, 2.75) is 18.1 Å². The maximum Gasteiger partial charge on any atom is 0.251 e. The molecule has 0 saturated carbocycles. The quantitative estimate of drug-likeness (QED) is 0.617. The van der Waals surface area contributed by atoms with E-state index in [0.29, 0.717) is 13.0 Å². The predicted octanol–water partition coefficient (Wildman–Crippen LogP) is 1.40. The number of aliphatic hydroxyl groups excluding tert-OH is 1. The van der Waals surface area contributed by atoms with Gasteiger partial charge in [0.25, 0.3) is 5.91 Å². The third-order valence-corrected chi connectivity index (χ3v) is 4.54. The number of amides is 1. The van der Waals surface area contributed by atoms with Crippen LogP contribution < -0.4 is 5.32 Å². The van der Waals surface area contributed by atoms with E-state index in [4.69, 9.17) is 5.11 Å². The maximum absolute atomic E-state index is 11.9. The second-order valence-electron chi connectivity index (χ2n) is 4.94. The molecule has 4 nitrogen and oxygen atoms in total. The van der Waals surface area contributed by atoms with E-state index in [1.165, 1.54) is 5.56 Å². The van der Waals surface area contributed by atoms with Crippen molar-refractivity contribution in [1.29, 1.82) is 0 Å². The molecule has 1 heterocycles. The molecule has 0 spiro atoms. The van der Waals surface area contributed by atoms with Crippen molar-refractivity contribution in [2.24, 2.45) is 0 Å². The van der Waals surface area contributed by atoms with Gasteiger partial charge in [0.1, 0.15) is 7.05 Å². The highest BCUT2D eigenvalue weighted by Crippen LogP contribution is 2.28. The molecular weight excluding hydrogens is 284 g/mol. The lowest BCUT2D eigenvalue weighted by Gasteiger charge is -2.02. The van der Waals surface area contributed by atoms with E-state index in [0.717, 1.165) is 11.4 Å². The molecule has 1 aliphatic heterocycles. The minimum Gasteiger partial charge on any atom is -0.396 e. The number of benzene rings is 1. The van der Waals surface area contributed by atoms with E-state index in [9.17, 15) is 4.79 Å². The number of hydrogen-bond acceptors (Lipinski definition) is 3. The van der Waals surface area contributed by atoms with Crippen molar-refractivity contribution < 1.29 is 14.5 Å². The molecule has 0 radical (unpaired) electrons. The van der Waals surface area contributed by atoms with Gasteiger partial charge in [-0.3, -0.25) is 4.79 Å². The fourth-order valence-electron chi connectivity index (χ4n) is 2.13. The van der Waals surface area contributed by atoms with Crippen LogP contribution in [0.5, 0.6) is 0 Å². The number of thioether (sulfide) groups is 1. The number of hydrogen-bond donors (Lipinski definition) is 2. The van der Waals surface area contributed by atoms with Crippen LogP contribution in [-0.2, 0) is 11.2 Å². The summed E-state index contributed by atoms with van der Waals surface area (Å²) in [6.07, 6.45) is 5.20. The molecule has 2 N–H and O–H groups in total. The fourth-order valence-corrected chi connectivity index (χ4v) is 3.31. The van der Waals surface area contributed by atoms with Gasteiger partial charge in [0.2, 0.25) is 5.03 Å². The van der Waals surface area contributed by atoms with Crippen LogP contribution >= 0.6 is 11.8 Å². The Bertz CT molecular complexity index is 540. The zero-order valence-corrected chi connectivity index (χ0v) is 13.0. The number of nitrogens with one attached hydrogen (secondary N) is 1. The Hall–Kier alpha value is -1.59. The lowest BCUT2D eigenvalue weighted by molar-refractivity contribution is -0.422. The molecule has 0 aliphatic carbocycles. The van der Waals surface area contributed by atoms with Crippen molar-refractivity contribution in [1.82, 2.24) is 5.32 Å². The van der Waals surface area contributed by atoms with Crippen molar-refractivity contribution in [3.8, 4) is 0 Å². The van der Waals surface area contributed by atoms with E-state index in [-0.39, 0.29) is 17.8 Å². The van der Waals surface area contributed by atoms with Gasteiger partial charge in [-0.2, -0.15) is 4.58 Å². The smallest absolute Gasteiger partial charge is 0.251 e. The van der Waals surface area contributed by atoms with Gasteiger partial charge in [-0.1, -0.05) is 30.3 Å². The van der Waals surface area contributed by atoms with Crippen molar-refractivity contribution in [2.75, 3.05) is 20.2 Å². The normalized spacial score (nSPS) is 19.6. The second-order valence-corrected chi connectivity index (χ2v) is 6.20. The number of carbonyl (C=O) groups is 1. The van der Waals surface area contributed by atoms with E-state index < -0.39 is 0 Å². The first kappa shape index (κ1) is 15.8. The number of rotatable bonds is 6. The Labute approximate surface area is 129 Å². The third kappa shape index (κ3) is 5.02. The molecule has 0 saturated heterocycles. The predicted molar refractivity (Wildman–Crippen MR) is 86.6 cm³/mol. The van der Waals surface area contributed by atoms with Crippen LogP contribution in [0.3, 0.4) is 0 Å². The average molecular weight is 305 g/mol. The Morgan fingerprint density at radius 2 is 2.19 bits per heavy atom. The first-order chi connectivity index (χ1) is 10.2. The molecule has 112 valence electrons. The maximum atomic E-state index is 11.9. The van der Waals surface area contributed by atoms with Gasteiger partial charge < -0.3 is 10.4 Å². The standard InChI is InChI=1S/C16H20N2O2S/c1-18-12-14(8-10-19)21-16(18)11-15(20)17-9-7-13-5-3-2-4-6-13/h2-6,11-12,14,19H,7-10H2,1H3/p+1/b16-11-. The third-order valence-electron chi connectivity index (χ3n) is 3.23. The monoisotopic (exact) mass is 305 g/mol. The summed E-state index contributed by atoms with van der Waals surface area (Å²) in [6, 6.07) is 10.1. The highest BCUT2D eigenvalue weighted by molar-refractivity contribution is 8.04. The molecule has 0 aromatic heterocycles. The largest absolute Gasteiger partial charge is 0.396 e. The number of nitrogens with zero attached hydrogens (tertiary/aromatic N) is 1. The van der Waals surface area contributed by atoms with Crippen molar-refractivity contribution in [3.05, 3.63) is 47.0 Å². The van der Waals surface area contributed by atoms with Gasteiger partial charge in [0.15, 0.2) is 6.21 Å². The van der Waals surface area contributed by atoms with Crippen LogP contribution in [0.4, 0.5) is 0 Å². The summed E-state index contributed by atoms with van der Waals surface area (Å²) in [5.74, 6) is -0.0710. The zero-order chi connectivity index (χ0) is 15.1. The van der Waals surface area contributed by atoms with Crippen molar-refractivity contribution in [3.63, 3.8) is 0 Å². The van der Waals surface area contributed by atoms with Gasteiger partial charge >= 0.3 is 0 Å². The number of carbonyl (C=O) groups excluding carboxylic acids is 1. The highest BCUT2D eigenvalue weighted by atomic mass is 32.2. The van der Waals surface area contributed by atoms with Gasteiger partial charge in [0, 0.05) is 13.2 Å². The summed E-state index contributed by atoms with van der Waals surface area (Å²) in [4.78, 5) is 11.9. The van der Waals surface area contributed by atoms with Gasteiger partial charge in [0.05, 0.1) is 11.3 Å². The van der Waals surface area contributed by atoms with Crippen molar-refractivity contribution >= 4 is 23.9 Å². The summed E-state index contributed by atoms with van der Waals surface area (Å²) in [5, 5.41) is 13.0. The summed E-state index contributed by atoms with van der Waals surface area (Å²) in [7, 11) is 1.92. The first-order valence-electron chi connectivity index (χ1n) is 7.08. The SMILES string of the molecule is C[N+]1=CC(CCO)S/C1=C\C(=O)NCCc1ccccc1. The highest BCUT2D eigenvalue weighted by Gasteiger charge is 2.27. The Kier molecular flexibility index (Phi) is 6.02. The molecule has 2 rings (SSSR count). The Morgan fingerprint density at radius 1 is 1.43 bits per heavy atom. The van der Waals surface area contributed by atoms with Crippen LogP contribution in [-0.4, -0.2) is 47.3 Å². The summed E-state index contributed by atoms with van der Waals surface area (Å²) in [5.41, 5.74) is 1.22. The zero-order valence-electron chi connectivity index (χ0n) is 12.2. The summed E-state index contributed by atoms with van der Waals surface area (Å²) >= 11 is 1.61. The molecule has 0 bridgehead atoms. The molecule has 1 amide bonds. The molecular formula is C16H21N2O2S+. The van der Waals surface area contributed by atoms with Crippen LogP contribution in [0, 0.1) is 0 Å². The van der Waals surface area contributed by atoms with Crippen LogP contribution in [0.25, 0.3) is 0 Å². The molecule has 0 fully saturated rings. The van der Waals surface area contributed by atoms with E-state index in [1.807, 2.05) is 36.0 Å². The lowest BCUT2D eigenvalue weighted by Crippen LogP contribution is -2.24. The van der Waals surface area contributed by atoms with Crippen LogP contribution in [0.15, 0.2) is 41.4 Å². The molecule has 1 unspecified atom stereocenters. The fraction of sp³-hybridized carbons (Fsp3) is 0.375. The molecule has 1 atom stereocenters. The topological polar surface area (TPSA) is 52.3 Å². The van der Waals surface area contributed by atoms with Gasteiger partial charge in [-0.15, -0.1) is 0 Å². The first-order valence-corrected chi connectivity index (χ1v) is 7.96. The molecule has 1 aliphatic rings. The van der Waals surface area contributed by atoms with Crippen LogP contribution in [0.2, 0.25) is 0 Å². The minimum absolute atomic E-state index is 0.0710. The Balaban J connectivity index is 1.79. The average Bonchev–Trinajstić information content (AvgIpc) is 2.80. The molecule has 1 aromatic carbocycles. The Morgan fingerprint density at radius 3 is 2.90 bits per heavy atom. The lowest BCUT2D eigenvalue weighted by atomic mass is 10.1. The summed E-state index contributed by atoms with van der Waals surface area (Å²) in [6.45, 7) is 0.795. The summed E-state index contributed by atoms with van der Waals surface area (Å²) < 4.78 is 1.95.